The van der Waals surface area contributed by atoms with E-state index in [1.165, 1.54) is 35.7 Å². The lowest BCUT2D eigenvalue weighted by molar-refractivity contribution is -0.139. The van der Waals surface area contributed by atoms with Crippen molar-refractivity contribution in [3.05, 3.63) is 47.6 Å². The minimum Gasteiger partial charge on any atom is -0.491 e. The van der Waals surface area contributed by atoms with Crippen LogP contribution in [0.3, 0.4) is 0 Å². The first-order valence-corrected chi connectivity index (χ1v) is 12.9. The maximum atomic E-state index is 14.1. The second-order valence-corrected chi connectivity index (χ2v) is 11.4. The Hall–Kier alpha value is -3.41. The third-order valence-corrected chi connectivity index (χ3v) is 5.78. The standard InChI is InChI=1S/C26H32F3N5O3S/c1-16(2)14-25(6,34-23(35)37-24(3,4)5)15-36-20-8-7-17(13-18(20)26(27,28)29)19-9-10-30-21(32-19)33-22-31-11-12-38-22/h7-13,16H,14-15H2,1-6H3,(H,34,35)(H,30,31,32,33). The van der Waals surface area contributed by atoms with Gasteiger partial charge in [-0.1, -0.05) is 13.8 Å². The van der Waals surface area contributed by atoms with Crippen molar-refractivity contribution in [1.29, 1.82) is 0 Å². The highest BCUT2D eigenvalue weighted by Gasteiger charge is 2.37. The summed E-state index contributed by atoms with van der Waals surface area (Å²) in [6.45, 7) is 10.6. The molecule has 0 radical (unpaired) electrons. The molecule has 0 saturated heterocycles. The Labute approximate surface area is 224 Å². The Morgan fingerprint density at radius 1 is 1.08 bits per heavy atom. The second kappa shape index (κ2) is 11.5. The van der Waals surface area contributed by atoms with Crippen molar-refractivity contribution in [2.75, 3.05) is 11.9 Å². The lowest BCUT2D eigenvalue weighted by atomic mass is 9.91. The summed E-state index contributed by atoms with van der Waals surface area (Å²) in [5.41, 5.74) is -2.11. The number of aromatic nitrogens is 3. The summed E-state index contributed by atoms with van der Waals surface area (Å²) in [4.78, 5) is 25.0. The maximum Gasteiger partial charge on any atom is 0.419 e. The summed E-state index contributed by atoms with van der Waals surface area (Å²) in [5.74, 6) is -0.00522. The van der Waals surface area contributed by atoms with Crippen LogP contribution in [0.25, 0.3) is 11.3 Å². The number of alkyl halides is 3. The van der Waals surface area contributed by atoms with E-state index in [2.05, 4.69) is 25.6 Å². The number of carbonyl (C=O) groups is 1. The fraction of sp³-hybridized carbons (Fsp3) is 0.462. The summed E-state index contributed by atoms with van der Waals surface area (Å²) in [7, 11) is 0. The first-order chi connectivity index (χ1) is 17.6. The van der Waals surface area contributed by atoms with Gasteiger partial charge in [-0.2, -0.15) is 13.2 Å². The Balaban J connectivity index is 1.85. The number of thiazole rings is 1. The number of hydrogen-bond donors (Lipinski definition) is 2. The largest absolute Gasteiger partial charge is 0.491 e. The summed E-state index contributed by atoms with van der Waals surface area (Å²) in [5, 5.41) is 8.04. The Morgan fingerprint density at radius 2 is 1.82 bits per heavy atom. The number of nitrogens with zero attached hydrogens (tertiary/aromatic N) is 3. The number of halogens is 3. The third-order valence-electron chi connectivity index (χ3n) is 5.10. The Bertz CT molecular complexity index is 1230. The van der Waals surface area contributed by atoms with Crippen LogP contribution in [0, 0.1) is 5.92 Å². The van der Waals surface area contributed by atoms with Crippen LogP contribution in [-0.2, 0) is 10.9 Å². The molecule has 1 aromatic carbocycles. The SMILES string of the molecule is CC(C)CC(C)(COc1ccc(-c2ccnc(Nc3nccs3)n2)cc1C(F)(F)F)NC(=O)OC(C)(C)C. The fourth-order valence-corrected chi connectivity index (χ4v) is 4.35. The number of rotatable bonds is 9. The van der Waals surface area contributed by atoms with E-state index in [4.69, 9.17) is 9.47 Å². The molecule has 0 fully saturated rings. The van der Waals surface area contributed by atoms with E-state index in [1.54, 1.807) is 39.3 Å². The van der Waals surface area contributed by atoms with E-state index in [0.717, 1.165) is 6.07 Å². The van der Waals surface area contributed by atoms with Crippen molar-refractivity contribution in [2.45, 2.75) is 65.3 Å². The van der Waals surface area contributed by atoms with Crippen molar-refractivity contribution < 1.29 is 27.4 Å². The van der Waals surface area contributed by atoms with Gasteiger partial charge in [-0.3, -0.25) is 0 Å². The molecule has 2 heterocycles. The third kappa shape index (κ3) is 8.57. The minimum absolute atomic E-state index is 0.132. The van der Waals surface area contributed by atoms with Crippen LogP contribution in [-0.4, -0.2) is 38.8 Å². The van der Waals surface area contributed by atoms with Gasteiger partial charge in [0.2, 0.25) is 5.95 Å². The molecular weight excluding hydrogens is 519 g/mol. The molecule has 3 rings (SSSR count). The average Bonchev–Trinajstić information content (AvgIpc) is 3.28. The van der Waals surface area contributed by atoms with E-state index in [0.29, 0.717) is 17.2 Å². The Morgan fingerprint density at radius 3 is 2.42 bits per heavy atom. The molecule has 0 aliphatic carbocycles. The average molecular weight is 552 g/mol. The number of nitrogens with one attached hydrogen (secondary N) is 2. The molecule has 0 bridgehead atoms. The van der Waals surface area contributed by atoms with E-state index in [-0.39, 0.29) is 29.8 Å². The molecule has 0 aliphatic heterocycles. The summed E-state index contributed by atoms with van der Waals surface area (Å²) in [6.07, 6.45) is -1.83. The molecule has 38 heavy (non-hydrogen) atoms. The van der Waals surface area contributed by atoms with E-state index in [1.807, 2.05) is 13.8 Å². The van der Waals surface area contributed by atoms with Gasteiger partial charge in [-0.05, 0) is 64.3 Å². The van der Waals surface area contributed by atoms with Crippen LogP contribution in [0.5, 0.6) is 5.75 Å². The highest BCUT2D eigenvalue weighted by atomic mass is 32.1. The van der Waals surface area contributed by atoms with Crippen LogP contribution in [0.2, 0.25) is 0 Å². The Kier molecular flexibility index (Phi) is 8.86. The van der Waals surface area contributed by atoms with Gasteiger partial charge in [0.15, 0.2) is 5.13 Å². The molecule has 0 spiro atoms. The normalized spacial score (nSPS) is 13.6. The number of ether oxygens (including phenoxy) is 2. The first-order valence-electron chi connectivity index (χ1n) is 12.0. The fourth-order valence-electron chi connectivity index (χ4n) is 3.83. The summed E-state index contributed by atoms with van der Waals surface area (Å²) < 4.78 is 53.3. The lowest BCUT2D eigenvalue weighted by Crippen LogP contribution is -2.52. The molecule has 3 aromatic rings. The molecule has 2 aromatic heterocycles. The van der Waals surface area contributed by atoms with Crippen molar-refractivity contribution >= 4 is 28.5 Å². The van der Waals surface area contributed by atoms with Crippen molar-refractivity contribution in [3.8, 4) is 17.0 Å². The highest BCUT2D eigenvalue weighted by Crippen LogP contribution is 2.39. The van der Waals surface area contributed by atoms with Gasteiger partial charge in [0.1, 0.15) is 18.0 Å². The number of carbonyl (C=O) groups excluding carboxylic acids is 1. The number of benzene rings is 1. The number of amides is 1. The van der Waals surface area contributed by atoms with E-state index < -0.39 is 29.0 Å². The zero-order valence-electron chi connectivity index (χ0n) is 22.1. The number of alkyl carbamates (subject to hydrolysis) is 1. The molecule has 1 amide bonds. The predicted octanol–water partition coefficient (Wildman–Crippen LogP) is 7.07. The van der Waals surface area contributed by atoms with E-state index in [9.17, 15) is 18.0 Å². The van der Waals surface area contributed by atoms with Crippen LogP contribution in [0.15, 0.2) is 42.0 Å². The molecule has 1 unspecified atom stereocenters. The number of anilines is 2. The molecule has 0 saturated carbocycles. The predicted molar refractivity (Wildman–Crippen MR) is 141 cm³/mol. The summed E-state index contributed by atoms with van der Waals surface area (Å²) >= 11 is 1.34. The van der Waals surface area contributed by atoms with Gasteiger partial charge in [0.05, 0.1) is 16.8 Å². The number of hydrogen-bond acceptors (Lipinski definition) is 8. The molecule has 206 valence electrons. The smallest absolute Gasteiger partial charge is 0.419 e. The van der Waals surface area contributed by atoms with Crippen LogP contribution in [0.1, 0.15) is 53.5 Å². The van der Waals surface area contributed by atoms with Gasteiger partial charge in [0.25, 0.3) is 0 Å². The van der Waals surface area contributed by atoms with Crippen LogP contribution in [0.4, 0.5) is 29.0 Å². The lowest BCUT2D eigenvalue weighted by Gasteiger charge is -2.33. The van der Waals surface area contributed by atoms with Gasteiger partial charge >= 0.3 is 12.3 Å². The minimum atomic E-state index is -4.69. The second-order valence-electron chi connectivity index (χ2n) is 10.5. The highest BCUT2D eigenvalue weighted by molar-refractivity contribution is 7.13. The molecule has 12 heteroatoms. The quantitative estimate of drug-likeness (QED) is 0.293. The molecule has 0 aliphatic rings. The molecule has 1 atom stereocenters. The van der Waals surface area contributed by atoms with Gasteiger partial charge in [-0.15, -0.1) is 11.3 Å². The van der Waals surface area contributed by atoms with Crippen LogP contribution < -0.4 is 15.4 Å². The topological polar surface area (TPSA) is 98.3 Å². The molecule has 8 nitrogen and oxygen atoms in total. The van der Waals surface area contributed by atoms with Gasteiger partial charge < -0.3 is 20.1 Å². The van der Waals surface area contributed by atoms with E-state index >= 15 is 0 Å². The van der Waals surface area contributed by atoms with Crippen LogP contribution >= 0.6 is 11.3 Å². The molecule has 2 N–H and O–H groups in total. The van der Waals surface area contributed by atoms with Crippen molar-refractivity contribution in [2.24, 2.45) is 5.92 Å². The summed E-state index contributed by atoms with van der Waals surface area (Å²) in [6, 6.07) is 5.28. The zero-order chi connectivity index (χ0) is 28.1. The van der Waals surface area contributed by atoms with Crippen molar-refractivity contribution in [3.63, 3.8) is 0 Å². The van der Waals surface area contributed by atoms with Crippen molar-refractivity contribution in [1.82, 2.24) is 20.3 Å². The maximum absolute atomic E-state index is 14.1. The van der Waals surface area contributed by atoms with Gasteiger partial charge in [-0.25, -0.2) is 19.7 Å². The zero-order valence-corrected chi connectivity index (χ0v) is 23.0. The first kappa shape index (κ1) is 29.2. The van der Waals surface area contributed by atoms with Gasteiger partial charge in [0, 0.05) is 23.3 Å². The monoisotopic (exact) mass is 551 g/mol. The molecular formula is C26H32F3N5O3S.